The van der Waals surface area contributed by atoms with E-state index in [4.69, 9.17) is 21.3 Å². The number of aromatic nitrogens is 2. The van der Waals surface area contributed by atoms with Crippen LogP contribution >= 0.6 is 11.6 Å². The van der Waals surface area contributed by atoms with Crippen LogP contribution in [-0.2, 0) is 17.7 Å². The first-order valence-electron chi connectivity index (χ1n) is 9.73. The van der Waals surface area contributed by atoms with Crippen molar-refractivity contribution < 1.29 is 9.53 Å². The molecule has 1 saturated heterocycles. The lowest BCUT2D eigenvalue weighted by molar-refractivity contribution is -0.00560. The first-order chi connectivity index (χ1) is 13.4. The monoisotopic (exact) mass is 400 g/mol. The molecule has 0 aliphatic carbocycles. The molecule has 2 aromatic rings. The number of carbonyl (C=O) groups excluding carboxylic acids is 1. The SMILES string of the molecule is Cc1nc2c(c(N3C[C@@H](C)O[C@H](C)C3)n1)CN(C(=O)c1ccccc1Cl)CC2. The number of rotatable bonds is 2. The van der Waals surface area contributed by atoms with Gasteiger partial charge in [0.1, 0.15) is 11.6 Å². The Morgan fingerprint density at radius 2 is 1.89 bits per heavy atom. The number of carbonyl (C=O) groups is 1. The van der Waals surface area contributed by atoms with Gasteiger partial charge in [-0.1, -0.05) is 23.7 Å². The van der Waals surface area contributed by atoms with Crippen LogP contribution in [0.5, 0.6) is 0 Å². The van der Waals surface area contributed by atoms with Crippen molar-refractivity contribution in [1.82, 2.24) is 14.9 Å². The molecule has 7 heteroatoms. The second kappa shape index (κ2) is 7.68. The lowest BCUT2D eigenvalue weighted by atomic mass is 10.0. The Balaban J connectivity index is 1.66. The van der Waals surface area contributed by atoms with E-state index in [0.29, 0.717) is 23.7 Å². The Hall–Kier alpha value is -2.18. The predicted molar refractivity (Wildman–Crippen MR) is 109 cm³/mol. The van der Waals surface area contributed by atoms with E-state index in [-0.39, 0.29) is 18.1 Å². The van der Waals surface area contributed by atoms with E-state index in [1.54, 1.807) is 12.1 Å². The molecule has 0 bridgehead atoms. The van der Waals surface area contributed by atoms with E-state index in [9.17, 15) is 4.79 Å². The molecule has 1 fully saturated rings. The van der Waals surface area contributed by atoms with Gasteiger partial charge in [0.05, 0.1) is 35.0 Å². The van der Waals surface area contributed by atoms with Crippen molar-refractivity contribution in [3.63, 3.8) is 0 Å². The zero-order valence-electron chi connectivity index (χ0n) is 16.5. The number of fused-ring (bicyclic) bond motifs is 1. The lowest BCUT2D eigenvalue weighted by Crippen LogP contribution is -2.47. The summed E-state index contributed by atoms with van der Waals surface area (Å²) in [7, 11) is 0. The number of anilines is 1. The Morgan fingerprint density at radius 3 is 2.61 bits per heavy atom. The number of hydrogen-bond donors (Lipinski definition) is 0. The van der Waals surface area contributed by atoms with Crippen LogP contribution in [0.25, 0.3) is 0 Å². The molecule has 0 radical (unpaired) electrons. The molecule has 1 aromatic heterocycles. The summed E-state index contributed by atoms with van der Waals surface area (Å²) in [6.45, 7) is 8.78. The van der Waals surface area contributed by atoms with Crippen LogP contribution in [-0.4, -0.2) is 52.6 Å². The first kappa shape index (κ1) is 19.2. The Morgan fingerprint density at radius 1 is 1.18 bits per heavy atom. The molecule has 28 heavy (non-hydrogen) atoms. The minimum Gasteiger partial charge on any atom is -0.372 e. The molecule has 0 saturated carbocycles. The van der Waals surface area contributed by atoms with Crippen molar-refractivity contribution in [2.45, 2.75) is 45.9 Å². The van der Waals surface area contributed by atoms with Crippen LogP contribution in [0.15, 0.2) is 24.3 Å². The topological polar surface area (TPSA) is 58.6 Å². The van der Waals surface area contributed by atoms with Gasteiger partial charge in [0.25, 0.3) is 5.91 Å². The zero-order chi connectivity index (χ0) is 19.8. The summed E-state index contributed by atoms with van der Waals surface area (Å²) in [4.78, 5) is 26.6. The summed E-state index contributed by atoms with van der Waals surface area (Å²) in [5.41, 5.74) is 2.62. The average Bonchev–Trinajstić information content (AvgIpc) is 2.66. The molecule has 4 rings (SSSR count). The highest BCUT2D eigenvalue weighted by Crippen LogP contribution is 2.30. The van der Waals surface area contributed by atoms with Gasteiger partial charge in [-0.15, -0.1) is 0 Å². The highest BCUT2D eigenvalue weighted by atomic mass is 35.5. The summed E-state index contributed by atoms with van der Waals surface area (Å²) >= 11 is 6.25. The van der Waals surface area contributed by atoms with Gasteiger partial charge in [0, 0.05) is 31.6 Å². The van der Waals surface area contributed by atoms with E-state index in [1.807, 2.05) is 24.0 Å². The third kappa shape index (κ3) is 3.71. The van der Waals surface area contributed by atoms with Crippen LogP contribution in [0, 0.1) is 6.92 Å². The van der Waals surface area contributed by atoms with E-state index < -0.39 is 0 Å². The maximum Gasteiger partial charge on any atom is 0.255 e. The second-order valence-electron chi connectivity index (χ2n) is 7.64. The number of halogens is 1. The van der Waals surface area contributed by atoms with Crippen LogP contribution < -0.4 is 4.90 Å². The Labute approximate surface area is 170 Å². The molecule has 1 aromatic carbocycles. The first-order valence-corrected chi connectivity index (χ1v) is 10.1. The quantitative estimate of drug-likeness (QED) is 0.774. The van der Waals surface area contributed by atoms with Crippen molar-refractivity contribution in [1.29, 1.82) is 0 Å². The fourth-order valence-corrected chi connectivity index (χ4v) is 4.32. The molecular weight excluding hydrogens is 376 g/mol. The molecule has 0 N–H and O–H groups in total. The van der Waals surface area contributed by atoms with E-state index in [2.05, 4.69) is 23.7 Å². The molecule has 1 amide bonds. The van der Waals surface area contributed by atoms with E-state index >= 15 is 0 Å². The minimum atomic E-state index is -0.0495. The highest BCUT2D eigenvalue weighted by molar-refractivity contribution is 6.33. The number of morpholine rings is 1. The van der Waals surface area contributed by atoms with Crippen LogP contribution in [0.1, 0.15) is 41.3 Å². The maximum atomic E-state index is 13.1. The summed E-state index contributed by atoms with van der Waals surface area (Å²) in [5, 5.41) is 0.481. The molecule has 6 nitrogen and oxygen atoms in total. The smallest absolute Gasteiger partial charge is 0.255 e. The fraction of sp³-hybridized carbons (Fsp3) is 0.476. The number of benzene rings is 1. The summed E-state index contributed by atoms with van der Waals surface area (Å²) in [5.74, 6) is 1.65. The van der Waals surface area contributed by atoms with Crippen molar-refractivity contribution >= 4 is 23.3 Å². The van der Waals surface area contributed by atoms with Crippen LogP contribution in [0.4, 0.5) is 5.82 Å². The van der Waals surface area contributed by atoms with Gasteiger partial charge in [0.2, 0.25) is 0 Å². The summed E-state index contributed by atoms with van der Waals surface area (Å²) in [6.07, 6.45) is 0.996. The number of aryl methyl sites for hydroxylation is 1. The Bertz CT molecular complexity index is 894. The highest BCUT2D eigenvalue weighted by Gasteiger charge is 2.31. The molecular formula is C21H25ClN4O2. The van der Waals surface area contributed by atoms with Gasteiger partial charge in [-0.2, -0.15) is 0 Å². The number of nitrogens with zero attached hydrogens (tertiary/aromatic N) is 4. The van der Waals surface area contributed by atoms with Crippen molar-refractivity contribution in [3.8, 4) is 0 Å². The molecule has 148 valence electrons. The normalized spacial score (nSPS) is 22.1. The molecule has 2 aliphatic rings. The number of ether oxygens (including phenoxy) is 1. The van der Waals surface area contributed by atoms with E-state index in [0.717, 1.165) is 42.4 Å². The molecule has 2 atom stereocenters. The summed E-state index contributed by atoms with van der Waals surface area (Å²) < 4.78 is 5.88. The standard InChI is InChI=1S/C21H25ClN4O2/c1-13-10-26(11-14(2)28-13)20-17-12-25(9-8-19(17)23-15(3)24-20)21(27)16-6-4-5-7-18(16)22/h4-7,13-14H,8-12H2,1-3H3/t13-,14-/m1/s1. The average molecular weight is 401 g/mol. The zero-order valence-corrected chi connectivity index (χ0v) is 17.2. The van der Waals surface area contributed by atoms with Gasteiger partial charge < -0.3 is 14.5 Å². The van der Waals surface area contributed by atoms with Crippen LogP contribution in [0.3, 0.4) is 0 Å². The minimum absolute atomic E-state index is 0.0495. The third-order valence-corrected chi connectivity index (χ3v) is 5.59. The van der Waals surface area contributed by atoms with Crippen molar-refractivity contribution in [3.05, 3.63) is 51.9 Å². The van der Waals surface area contributed by atoms with E-state index in [1.165, 1.54) is 0 Å². The molecule has 3 heterocycles. The van der Waals surface area contributed by atoms with Gasteiger partial charge in [-0.3, -0.25) is 4.79 Å². The predicted octanol–water partition coefficient (Wildman–Crippen LogP) is 3.25. The molecule has 2 aliphatic heterocycles. The Kier molecular flexibility index (Phi) is 5.25. The van der Waals surface area contributed by atoms with Gasteiger partial charge in [-0.25, -0.2) is 9.97 Å². The van der Waals surface area contributed by atoms with Crippen molar-refractivity contribution in [2.24, 2.45) is 0 Å². The third-order valence-electron chi connectivity index (χ3n) is 5.26. The van der Waals surface area contributed by atoms with Gasteiger partial charge in [-0.05, 0) is 32.9 Å². The molecule has 0 spiro atoms. The van der Waals surface area contributed by atoms with Gasteiger partial charge >= 0.3 is 0 Å². The lowest BCUT2D eigenvalue weighted by Gasteiger charge is -2.38. The fourth-order valence-electron chi connectivity index (χ4n) is 4.11. The summed E-state index contributed by atoms with van der Waals surface area (Å²) in [6, 6.07) is 7.20. The van der Waals surface area contributed by atoms with Crippen LogP contribution in [0.2, 0.25) is 5.02 Å². The number of hydrogen-bond acceptors (Lipinski definition) is 5. The second-order valence-corrected chi connectivity index (χ2v) is 8.05. The maximum absolute atomic E-state index is 13.1. The largest absolute Gasteiger partial charge is 0.372 e. The van der Waals surface area contributed by atoms with Gasteiger partial charge in [0.15, 0.2) is 0 Å². The van der Waals surface area contributed by atoms with Crippen molar-refractivity contribution in [2.75, 3.05) is 24.5 Å². The number of amides is 1. The molecule has 0 unspecified atom stereocenters.